The average Bonchev–Trinajstić information content (AvgIpc) is 2.62. The second kappa shape index (κ2) is 6.45. The van der Waals surface area contributed by atoms with Crippen molar-refractivity contribution in [3.05, 3.63) is 60.2 Å². The van der Waals surface area contributed by atoms with Crippen molar-refractivity contribution in [1.29, 1.82) is 0 Å². The van der Waals surface area contributed by atoms with Gasteiger partial charge >= 0.3 is 7.63 Å². The molecule has 28 heavy (non-hydrogen) atoms. The summed E-state index contributed by atoms with van der Waals surface area (Å²) < 4.78 is 6.64. The van der Waals surface area contributed by atoms with Gasteiger partial charge in [-0.2, -0.15) is 0 Å². The first-order valence-corrected chi connectivity index (χ1v) is 12.9. The highest BCUT2D eigenvalue weighted by atomic mass is 35.6. The van der Waals surface area contributed by atoms with Crippen molar-refractivity contribution in [1.82, 2.24) is 0 Å². The predicted molar refractivity (Wildman–Crippen MR) is 126 cm³/mol. The first kappa shape index (κ1) is 19.7. The molecule has 0 radical (unpaired) electrons. The molecule has 0 bridgehead atoms. The highest BCUT2D eigenvalue weighted by molar-refractivity contribution is 7.19. The third-order valence-corrected chi connectivity index (χ3v) is 14.1. The Morgan fingerprint density at radius 3 is 1.79 bits per heavy atom. The molecule has 3 heteroatoms. The van der Waals surface area contributed by atoms with Crippen molar-refractivity contribution < 1.29 is 4.43 Å². The second-order valence-corrected chi connectivity index (χ2v) is 16.0. The van der Waals surface area contributed by atoms with Crippen LogP contribution >= 0.6 is 11.1 Å². The highest BCUT2D eigenvalue weighted by Crippen LogP contribution is 2.54. The number of hydrogen-bond donors (Lipinski definition) is 0. The molecule has 1 nitrogen and oxygen atoms in total. The standard InChI is InChI=1S/C25H29ClOSi/c1-24(2,3)28(26,25(4,5)6)27-16-20-13-12-19-11-10-17-8-7-9-18-14-15-21(20)23(19)22(17)18/h7-15H,16H2,1-6H3. The van der Waals surface area contributed by atoms with Gasteiger partial charge in [-0.05, 0) is 48.0 Å². The molecule has 0 unspecified atom stereocenters. The first-order chi connectivity index (χ1) is 13.0. The monoisotopic (exact) mass is 408 g/mol. The molecular formula is C25H29ClOSi. The van der Waals surface area contributed by atoms with E-state index < -0.39 is 7.63 Å². The summed E-state index contributed by atoms with van der Waals surface area (Å²) in [5.41, 5.74) is 1.22. The zero-order chi connectivity index (χ0) is 20.3. The van der Waals surface area contributed by atoms with E-state index in [0.29, 0.717) is 6.61 Å². The van der Waals surface area contributed by atoms with E-state index in [-0.39, 0.29) is 10.1 Å². The normalized spacial score (nSPS) is 13.8. The molecule has 4 rings (SSSR count). The Morgan fingerprint density at radius 1 is 0.714 bits per heavy atom. The zero-order valence-corrected chi connectivity index (χ0v) is 19.4. The Bertz CT molecular complexity index is 1120. The van der Waals surface area contributed by atoms with Crippen LogP contribution in [0.3, 0.4) is 0 Å². The molecule has 0 amide bonds. The second-order valence-electron chi connectivity index (χ2n) is 9.96. The molecule has 4 aromatic carbocycles. The van der Waals surface area contributed by atoms with Gasteiger partial charge in [0, 0.05) is 0 Å². The van der Waals surface area contributed by atoms with Gasteiger partial charge in [0.1, 0.15) is 0 Å². The van der Waals surface area contributed by atoms with Crippen LogP contribution < -0.4 is 0 Å². The first-order valence-electron chi connectivity index (χ1n) is 10.0. The maximum absolute atomic E-state index is 7.26. The Kier molecular flexibility index (Phi) is 4.54. The Morgan fingerprint density at radius 2 is 1.21 bits per heavy atom. The molecule has 0 aromatic heterocycles. The van der Waals surface area contributed by atoms with Gasteiger partial charge < -0.3 is 4.43 Å². The molecule has 0 N–H and O–H groups in total. The quantitative estimate of drug-likeness (QED) is 0.188. The summed E-state index contributed by atoms with van der Waals surface area (Å²) in [6, 6.07) is 19.9. The van der Waals surface area contributed by atoms with E-state index in [1.54, 1.807) is 0 Å². The largest absolute Gasteiger partial charge is 0.398 e. The number of hydrogen-bond acceptors (Lipinski definition) is 1. The predicted octanol–water partition coefficient (Wildman–Crippen LogP) is 8.38. The topological polar surface area (TPSA) is 9.23 Å². The van der Waals surface area contributed by atoms with Crippen molar-refractivity contribution in [2.45, 2.75) is 58.2 Å². The average molecular weight is 409 g/mol. The minimum absolute atomic E-state index is 0.0589. The van der Waals surface area contributed by atoms with Crippen LogP contribution in [-0.2, 0) is 11.0 Å². The minimum Gasteiger partial charge on any atom is -0.398 e. The van der Waals surface area contributed by atoms with Gasteiger partial charge in [0.25, 0.3) is 0 Å². The molecule has 0 aliphatic carbocycles. The lowest BCUT2D eigenvalue weighted by atomic mass is 9.92. The fraction of sp³-hybridized carbons (Fsp3) is 0.360. The Balaban J connectivity index is 1.84. The van der Waals surface area contributed by atoms with Gasteiger partial charge in [-0.3, -0.25) is 0 Å². The summed E-state index contributed by atoms with van der Waals surface area (Å²) in [7, 11) is -2.53. The van der Waals surface area contributed by atoms with E-state index in [9.17, 15) is 0 Å². The molecule has 0 aliphatic heterocycles. The molecule has 0 saturated heterocycles. The Labute approximate surface area is 173 Å². The van der Waals surface area contributed by atoms with E-state index in [1.807, 2.05) is 0 Å². The smallest absolute Gasteiger partial charge is 0.301 e. The summed E-state index contributed by atoms with van der Waals surface area (Å²) in [4.78, 5) is 0. The fourth-order valence-corrected chi connectivity index (χ4v) is 8.29. The summed E-state index contributed by atoms with van der Waals surface area (Å²) in [5, 5.41) is 7.71. The highest BCUT2D eigenvalue weighted by Gasteiger charge is 2.54. The van der Waals surface area contributed by atoms with Crippen LogP contribution in [-0.4, -0.2) is 7.63 Å². The summed E-state index contributed by atoms with van der Waals surface area (Å²) in [6.07, 6.45) is 0. The van der Waals surface area contributed by atoms with Crippen molar-refractivity contribution in [2.75, 3.05) is 0 Å². The van der Waals surface area contributed by atoms with Gasteiger partial charge in [0.15, 0.2) is 0 Å². The lowest BCUT2D eigenvalue weighted by Gasteiger charge is -2.45. The molecule has 0 fully saturated rings. The van der Waals surface area contributed by atoms with Crippen LogP contribution in [0.15, 0.2) is 54.6 Å². The van der Waals surface area contributed by atoms with Crippen LogP contribution in [0.25, 0.3) is 32.3 Å². The van der Waals surface area contributed by atoms with Crippen LogP contribution in [0.4, 0.5) is 0 Å². The van der Waals surface area contributed by atoms with E-state index in [4.69, 9.17) is 15.5 Å². The van der Waals surface area contributed by atoms with Gasteiger partial charge in [0.05, 0.1) is 6.61 Å². The summed E-state index contributed by atoms with van der Waals surface area (Å²) >= 11 is 7.26. The van der Waals surface area contributed by atoms with Crippen molar-refractivity contribution in [3.8, 4) is 0 Å². The maximum Gasteiger partial charge on any atom is 0.301 e. The van der Waals surface area contributed by atoms with E-state index >= 15 is 0 Å². The molecule has 4 aromatic rings. The van der Waals surface area contributed by atoms with Crippen LogP contribution in [0.2, 0.25) is 10.1 Å². The molecule has 0 heterocycles. The van der Waals surface area contributed by atoms with Gasteiger partial charge in [0.2, 0.25) is 0 Å². The molecule has 0 saturated carbocycles. The molecule has 0 aliphatic rings. The number of benzene rings is 4. The number of halogens is 1. The van der Waals surface area contributed by atoms with Gasteiger partial charge in [-0.1, -0.05) is 96.1 Å². The lowest BCUT2D eigenvalue weighted by molar-refractivity contribution is 0.264. The van der Waals surface area contributed by atoms with Gasteiger partial charge in [-0.15, -0.1) is 11.1 Å². The minimum atomic E-state index is -2.53. The molecule has 0 spiro atoms. The van der Waals surface area contributed by atoms with E-state index in [0.717, 1.165) is 0 Å². The van der Waals surface area contributed by atoms with Crippen molar-refractivity contribution >= 4 is 51.0 Å². The molecule has 146 valence electrons. The Hall–Kier alpha value is -1.61. The molecule has 0 atom stereocenters. The summed E-state index contributed by atoms with van der Waals surface area (Å²) in [5.74, 6) is 0. The third-order valence-electron chi connectivity index (χ3n) is 5.97. The summed E-state index contributed by atoms with van der Waals surface area (Å²) in [6.45, 7) is 13.8. The molecular weight excluding hydrogens is 380 g/mol. The SMILES string of the molecule is CC(C)(C)[Si](Cl)(OCc1ccc2ccc3cccc4ccc1c2c34)C(C)(C)C. The van der Waals surface area contributed by atoms with E-state index in [2.05, 4.69) is 96.1 Å². The fourth-order valence-electron chi connectivity index (χ4n) is 4.66. The van der Waals surface area contributed by atoms with Crippen LogP contribution in [0.5, 0.6) is 0 Å². The van der Waals surface area contributed by atoms with Crippen molar-refractivity contribution in [2.24, 2.45) is 0 Å². The van der Waals surface area contributed by atoms with Crippen molar-refractivity contribution in [3.63, 3.8) is 0 Å². The zero-order valence-electron chi connectivity index (χ0n) is 17.7. The lowest BCUT2D eigenvalue weighted by Crippen LogP contribution is -2.49. The van der Waals surface area contributed by atoms with Gasteiger partial charge in [-0.25, -0.2) is 0 Å². The maximum atomic E-state index is 7.26. The number of rotatable bonds is 3. The van der Waals surface area contributed by atoms with Crippen LogP contribution in [0, 0.1) is 0 Å². The van der Waals surface area contributed by atoms with Crippen LogP contribution in [0.1, 0.15) is 47.1 Å². The third kappa shape index (κ3) is 2.94. The van der Waals surface area contributed by atoms with E-state index in [1.165, 1.54) is 37.9 Å².